The number of hydrogen-bond acceptors (Lipinski definition) is 5. The minimum Gasteiger partial charge on any atom is -0.314 e. The van der Waals surface area contributed by atoms with Gasteiger partial charge in [-0.25, -0.2) is 18.3 Å². The van der Waals surface area contributed by atoms with Crippen molar-refractivity contribution in [3.63, 3.8) is 0 Å². The zero-order valence-electron chi connectivity index (χ0n) is 17.3. The van der Waals surface area contributed by atoms with E-state index in [2.05, 4.69) is 26.4 Å². The van der Waals surface area contributed by atoms with E-state index in [1.807, 2.05) is 19.2 Å². The Hall–Kier alpha value is -3.22. The predicted molar refractivity (Wildman–Crippen MR) is 119 cm³/mol. The molecule has 0 aromatic carbocycles. The number of alkyl halides is 1. The van der Waals surface area contributed by atoms with Gasteiger partial charge in [0.1, 0.15) is 11.2 Å². The number of rotatable bonds is 4. The standard InChI is InChI=1S/C23H20F2N6S/c1-3-15-10-28-30-13-16(9-21(22(15)30)32-23-18(24)5-4-7-27-23)17-11-29-31(14(17)2)20-6-8-26-12-19(20)25/h1,4-5,7,9-11,13,19-20,26H,6,8,12H2,2H3/t19-,20-/m0/s1. The summed E-state index contributed by atoms with van der Waals surface area (Å²) >= 11 is 1.19. The molecule has 2 atom stereocenters. The van der Waals surface area contributed by atoms with Crippen molar-refractivity contribution in [2.24, 2.45) is 0 Å². The van der Waals surface area contributed by atoms with Crippen molar-refractivity contribution in [1.82, 2.24) is 29.7 Å². The molecule has 5 heterocycles. The molecule has 1 aliphatic rings. The third-order valence-electron chi connectivity index (χ3n) is 5.71. The minimum atomic E-state index is -1.000. The number of pyridine rings is 2. The molecule has 0 saturated carbocycles. The van der Waals surface area contributed by atoms with Gasteiger partial charge in [0.25, 0.3) is 0 Å². The smallest absolute Gasteiger partial charge is 0.155 e. The van der Waals surface area contributed by atoms with Crippen LogP contribution in [0.15, 0.2) is 52.9 Å². The maximum atomic E-state index is 14.5. The Morgan fingerprint density at radius 1 is 1.31 bits per heavy atom. The largest absolute Gasteiger partial charge is 0.314 e. The van der Waals surface area contributed by atoms with Crippen molar-refractivity contribution in [1.29, 1.82) is 0 Å². The highest BCUT2D eigenvalue weighted by molar-refractivity contribution is 7.99. The summed E-state index contributed by atoms with van der Waals surface area (Å²) in [6.07, 6.45) is 12.1. The molecule has 1 aliphatic heterocycles. The number of fused-ring (bicyclic) bond motifs is 1. The number of nitrogens with one attached hydrogen (secondary N) is 1. The number of nitrogens with zero attached hydrogens (tertiary/aromatic N) is 5. The highest BCUT2D eigenvalue weighted by Gasteiger charge is 2.28. The molecular weight excluding hydrogens is 430 g/mol. The molecule has 0 radical (unpaired) electrons. The van der Waals surface area contributed by atoms with Crippen LogP contribution in [-0.4, -0.2) is 43.6 Å². The molecule has 4 aromatic heterocycles. The van der Waals surface area contributed by atoms with Crippen molar-refractivity contribution in [3.8, 4) is 23.5 Å². The molecule has 0 aliphatic carbocycles. The van der Waals surface area contributed by atoms with E-state index < -0.39 is 12.0 Å². The fourth-order valence-electron chi connectivity index (χ4n) is 4.09. The highest BCUT2D eigenvalue weighted by Crippen LogP contribution is 2.37. The Bertz CT molecular complexity index is 1340. The normalized spacial score (nSPS) is 18.7. The average molecular weight is 451 g/mol. The second-order valence-electron chi connectivity index (χ2n) is 7.65. The zero-order chi connectivity index (χ0) is 22.2. The number of halogens is 2. The third kappa shape index (κ3) is 3.55. The summed E-state index contributed by atoms with van der Waals surface area (Å²) in [5, 5.41) is 12.2. The van der Waals surface area contributed by atoms with E-state index in [-0.39, 0.29) is 11.1 Å². The van der Waals surface area contributed by atoms with Crippen LogP contribution >= 0.6 is 11.8 Å². The molecule has 1 saturated heterocycles. The molecule has 0 unspecified atom stereocenters. The summed E-state index contributed by atoms with van der Waals surface area (Å²) < 4.78 is 32.3. The van der Waals surface area contributed by atoms with E-state index >= 15 is 0 Å². The first kappa shape index (κ1) is 20.7. The summed E-state index contributed by atoms with van der Waals surface area (Å²) in [4.78, 5) is 4.88. The molecule has 4 aromatic rings. The number of piperidine rings is 1. The Kier molecular flexibility index (Phi) is 5.41. The molecule has 1 fully saturated rings. The van der Waals surface area contributed by atoms with E-state index in [0.717, 1.165) is 28.3 Å². The average Bonchev–Trinajstić information content (AvgIpc) is 3.39. The molecule has 0 amide bonds. The van der Waals surface area contributed by atoms with Gasteiger partial charge in [-0.3, -0.25) is 4.68 Å². The Morgan fingerprint density at radius 2 is 2.19 bits per heavy atom. The fraction of sp³-hybridized carbons (Fsp3) is 0.261. The molecule has 0 bridgehead atoms. The van der Waals surface area contributed by atoms with Crippen molar-refractivity contribution in [3.05, 3.63) is 60.1 Å². The van der Waals surface area contributed by atoms with Crippen LogP contribution in [0, 0.1) is 25.1 Å². The van der Waals surface area contributed by atoms with Gasteiger partial charge in [-0.2, -0.15) is 10.2 Å². The number of aromatic nitrogens is 5. The summed E-state index contributed by atoms with van der Waals surface area (Å²) in [5.41, 5.74) is 3.87. The Morgan fingerprint density at radius 3 is 2.97 bits per heavy atom. The topological polar surface area (TPSA) is 60.0 Å². The third-order valence-corrected chi connectivity index (χ3v) is 6.73. The summed E-state index contributed by atoms with van der Waals surface area (Å²) in [6.45, 7) is 3.01. The summed E-state index contributed by atoms with van der Waals surface area (Å²) in [6, 6.07) is 4.55. The maximum absolute atomic E-state index is 14.5. The van der Waals surface area contributed by atoms with Crippen LogP contribution < -0.4 is 5.32 Å². The van der Waals surface area contributed by atoms with Crippen LogP contribution in [0.5, 0.6) is 0 Å². The minimum absolute atomic E-state index is 0.248. The van der Waals surface area contributed by atoms with Crippen LogP contribution in [0.4, 0.5) is 8.78 Å². The molecule has 1 N–H and O–H groups in total. The van der Waals surface area contributed by atoms with Crippen LogP contribution in [0.25, 0.3) is 16.6 Å². The van der Waals surface area contributed by atoms with Gasteiger partial charge in [-0.05, 0) is 38.1 Å². The monoisotopic (exact) mass is 450 g/mol. The lowest BCUT2D eigenvalue weighted by molar-refractivity contribution is 0.171. The van der Waals surface area contributed by atoms with Gasteiger partial charge in [-0.1, -0.05) is 17.7 Å². The lowest BCUT2D eigenvalue weighted by Gasteiger charge is -2.28. The first-order chi connectivity index (χ1) is 15.6. The van der Waals surface area contributed by atoms with Gasteiger partial charge in [0.2, 0.25) is 0 Å². The van der Waals surface area contributed by atoms with E-state index in [1.165, 1.54) is 17.8 Å². The molecule has 5 rings (SSSR count). The second kappa shape index (κ2) is 8.37. The van der Waals surface area contributed by atoms with Crippen molar-refractivity contribution in [2.45, 2.75) is 35.5 Å². The zero-order valence-corrected chi connectivity index (χ0v) is 18.1. The SMILES string of the molecule is C#Cc1cnn2cc(-c3cnn([C@H]4CCNC[C@@H]4F)c3C)cc(Sc3ncccc3F)c12. The first-order valence-electron chi connectivity index (χ1n) is 10.2. The first-order valence-corrected chi connectivity index (χ1v) is 11.0. The van der Waals surface area contributed by atoms with Gasteiger partial charge < -0.3 is 5.32 Å². The van der Waals surface area contributed by atoms with Gasteiger partial charge >= 0.3 is 0 Å². The number of hydrogen-bond donors (Lipinski definition) is 1. The molecule has 6 nitrogen and oxygen atoms in total. The molecule has 32 heavy (non-hydrogen) atoms. The molecular formula is C23H20F2N6S. The summed E-state index contributed by atoms with van der Waals surface area (Å²) in [5.74, 6) is 2.23. The molecule has 162 valence electrons. The van der Waals surface area contributed by atoms with Crippen molar-refractivity contribution < 1.29 is 8.78 Å². The van der Waals surface area contributed by atoms with Crippen LogP contribution in [0.1, 0.15) is 23.7 Å². The van der Waals surface area contributed by atoms with Gasteiger partial charge in [0, 0.05) is 40.7 Å². The van der Waals surface area contributed by atoms with Gasteiger partial charge in [0.15, 0.2) is 5.82 Å². The Balaban J connectivity index is 1.62. The number of terminal acetylenes is 1. The van der Waals surface area contributed by atoms with Gasteiger partial charge in [-0.15, -0.1) is 6.42 Å². The maximum Gasteiger partial charge on any atom is 0.155 e. The van der Waals surface area contributed by atoms with E-state index in [1.54, 1.807) is 33.9 Å². The fourth-order valence-corrected chi connectivity index (χ4v) is 5.06. The predicted octanol–water partition coefficient (Wildman–Crippen LogP) is 4.05. The van der Waals surface area contributed by atoms with E-state index in [9.17, 15) is 8.78 Å². The van der Waals surface area contributed by atoms with Crippen LogP contribution in [0.3, 0.4) is 0 Å². The Labute approximate surface area is 188 Å². The lowest BCUT2D eigenvalue weighted by atomic mass is 10.0. The van der Waals surface area contributed by atoms with E-state index in [4.69, 9.17) is 6.42 Å². The van der Waals surface area contributed by atoms with Crippen LogP contribution in [-0.2, 0) is 0 Å². The summed E-state index contributed by atoms with van der Waals surface area (Å²) in [7, 11) is 0. The van der Waals surface area contributed by atoms with Crippen molar-refractivity contribution >= 4 is 17.3 Å². The molecule has 9 heteroatoms. The van der Waals surface area contributed by atoms with Gasteiger partial charge in [0.05, 0.1) is 29.5 Å². The highest BCUT2D eigenvalue weighted by atomic mass is 32.2. The lowest BCUT2D eigenvalue weighted by Crippen LogP contribution is -2.39. The quantitative estimate of drug-likeness (QED) is 0.476. The second-order valence-corrected chi connectivity index (χ2v) is 8.68. The van der Waals surface area contributed by atoms with Crippen LogP contribution in [0.2, 0.25) is 0 Å². The van der Waals surface area contributed by atoms with E-state index in [0.29, 0.717) is 24.0 Å². The molecule has 0 spiro atoms. The van der Waals surface area contributed by atoms with Crippen molar-refractivity contribution in [2.75, 3.05) is 13.1 Å².